The van der Waals surface area contributed by atoms with Gasteiger partial charge in [-0.3, -0.25) is 0 Å². The minimum Gasteiger partial charge on any atom is -0.330 e. The van der Waals surface area contributed by atoms with E-state index in [0.717, 1.165) is 32.7 Å². The molecule has 7 heteroatoms. The van der Waals surface area contributed by atoms with Crippen molar-refractivity contribution in [3.63, 3.8) is 0 Å². The van der Waals surface area contributed by atoms with E-state index in [1.165, 1.54) is 11.3 Å². The van der Waals surface area contributed by atoms with Crippen LogP contribution in [-0.2, 0) is 6.54 Å². The molecule has 0 spiro atoms. The van der Waals surface area contributed by atoms with Crippen LogP contribution < -0.4 is 5.32 Å². The summed E-state index contributed by atoms with van der Waals surface area (Å²) in [5.74, 6) is 0.971. The molecule has 1 N–H and O–H groups in total. The van der Waals surface area contributed by atoms with Crippen LogP contribution >= 0.6 is 22.9 Å². The van der Waals surface area contributed by atoms with Crippen molar-refractivity contribution in [3.05, 3.63) is 64.4 Å². The third-order valence-electron chi connectivity index (χ3n) is 3.70. The smallest absolute Gasteiger partial charge is 0.210 e. The van der Waals surface area contributed by atoms with Gasteiger partial charge in [0.25, 0.3) is 0 Å². The second-order valence-electron chi connectivity index (χ2n) is 5.37. The van der Waals surface area contributed by atoms with E-state index in [-0.39, 0.29) is 0 Å². The lowest BCUT2D eigenvalue weighted by atomic mass is 10.3. The van der Waals surface area contributed by atoms with Crippen molar-refractivity contribution < 1.29 is 0 Å². The lowest BCUT2D eigenvalue weighted by molar-refractivity contribution is 0.768. The number of aromatic nitrogens is 4. The number of aryl methyl sites for hydroxylation is 1. The maximum absolute atomic E-state index is 5.90. The van der Waals surface area contributed by atoms with E-state index in [0.29, 0.717) is 11.6 Å². The number of imidazole rings is 1. The first kappa shape index (κ1) is 15.1. The second-order valence-corrected chi connectivity index (χ2v) is 6.87. The van der Waals surface area contributed by atoms with E-state index >= 15 is 0 Å². The minimum absolute atomic E-state index is 0.659. The summed E-state index contributed by atoms with van der Waals surface area (Å²) in [6, 6.07) is 15.6. The van der Waals surface area contributed by atoms with Gasteiger partial charge in [-0.25, -0.2) is 4.98 Å². The van der Waals surface area contributed by atoms with Crippen LogP contribution in [0.2, 0.25) is 5.02 Å². The van der Waals surface area contributed by atoms with E-state index in [1.807, 2.05) is 49.4 Å². The Morgan fingerprint density at radius 3 is 2.71 bits per heavy atom. The Balaban J connectivity index is 1.56. The van der Waals surface area contributed by atoms with Crippen LogP contribution in [0.1, 0.15) is 10.8 Å². The minimum atomic E-state index is 0.659. The maximum Gasteiger partial charge on any atom is 0.210 e. The predicted molar refractivity (Wildman–Crippen MR) is 98.2 cm³/mol. The van der Waals surface area contributed by atoms with Crippen molar-refractivity contribution in [1.29, 1.82) is 0 Å². The van der Waals surface area contributed by atoms with Crippen molar-refractivity contribution in [2.45, 2.75) is 13.5 Å². The molecular weight excluding hydrogens is 342 g/mol. The molecule has 2 aromatic carbocycles. The Morgan fingerprint density at radius 1 is 1.08 bits per heavy atom. The number of para-hydroxylation sites is 2. The largest absolute Gasteiger partial charge is 0.330 e. The third kappa shape index (κ3) is 2.98. The van der Waals surface area contributed by atoms with Gasteiger partial charge < -0.3 is 9.88 Å². The summed E-state index contributed by atoms with van der Waals surface area (Å²) in [5, 5.41) is 14.1. The summed E-state index contributed by atoms with van der Waals surface area (Å²) in [7, 11) is 0. The summed E-state index contributed by atoms with van der Waals surface area (Å²) < 4.78 is 2.15. The molecule has 2 aromatic heterocycles. The fourth-order valence-corrected chi connectivity index (χ4v) is 3.43. The quantitative estimate of drug-likeness (QED) is 0.579. The summed E-state index contributed by atoms with van der Waals surface area (Å²) in [5.41, 5.74) is 3.04. The molecular formula is C17H14ClN5S. The molecule has 0 bridgehead atoms. The molecule has 24 heavy (non-hydrogen) atoms. The first-order valence-electron chi connectivity index (χ1n) is 7.46. The van der Waals surface area contributed by atoms with Crippen molar-refractivity contribution in [1.82, 2.24) is 19.7 Å². The monoisotopic (exact) mass is 355 g/mol. The zero-order valence-electron chi connectivity index (χ0n) is 12.9. The number of anilines is 2. The Hall–Kier alpha value is -2.44. The summed E-state index contributed by atoms with van der Waals surface area (Å²) in [4.78, 5) is 4.58. The lowest BCUT2D eigenvalue weighted by Crippen LogP contribution is -2.01. The van der Waals surface area contributed by atoms with Crippen molar-refractivity contribution >= 4 is 44.8 Å². The molecule has 120 valence electrons. The normalized spacial score (nSPS) is 11.1. The molecule has 0 atom stereocenters. The molecule has 0 amide bonds. The highest BCUT2D eigenvalue weighted by atomic mass is 35.5. The highest BCUT2D eigenvalue weighted by Crippen LogP contribution is 2.24. The molecule has 0 saturated heterocycles. The molecule has 4 rings (SSSR count). The number of nitrogens with zero attached hydrogens (tertiary/aromatic N) is 4. The third-order valence-corrected chi connectivity index (χ3v) is 4.78. The van der Waals surface area contributed by atoms with Gasteiger partial charge in [0.2, 0.25) is 5.13 Å². The molecule has 0 unspecified atom stereocenters. The molecule has 0 aliphatic carbocycles. The van der Waals surface area contributed by atoms with Gasteiger partial charge in [0, 0.05) is 10.7 Å². The van der Waals surface area contributed by atoms with Crippen LogP contribution in [0, 0.1) is 6.92 Å². The number of hydrogen-bond donors (Lipinski definition) is 1. The Morgan fingerprint density at radius 2 is 1.88 bits per heavy atom. The van der Waals surface area contributed by atoms with Gasteiger partial charge in [-0.05, 0) is 43.3 Å². The first-order valence-corrected chi connectivity index (χ1v) is 8.65. The topological polar surface area (TPSA) is 55.6 Å². The van der Waals surface area contributed by atoms with E-state index in [4.69, 9.17) is 11.6 Å². The number of fused-ring (bicyclic) bond motifs is 1. The van der Waals surface area contributed by atoms with Gasteiger partial charge in [0.1, 0.15) is 10.8 Å². The number of benzene rings is 2. The number of halogens is 1. The van der Waals surface area contributed by atoms with Crippen LogP contribution in [-0.4, -0.2) is 19.7 Å². The standard InChI is InChI=1S/C17H14ClN5S/c1-11-19-14-4-2-3-5-15(14)23(11)10-16-21-22-17(24-16)20-13-8-6-12(18)7-9-13/h2-9H,10H2,1H3,(H,20,22). The van der Waals surface area contributed by atoms with Crippen LogP contribution in [0.15, 0.2) is 48.5 Å². The van der Waals surface area contributed by atoms with Gasteiger partial charge in [-0.2, -0.15) is 0 Å². The predicted octanol–water partition coefficient (Wildman–Crippen LogP) is 4.64. The molecule has 0 aliphatic rings. The fourth-order valence-electron chi connectivity index (χ4n) is 2.56. The van der Waals surface area contributed by atoms with E-state index < -0.39 is 0 Å². The van der Waals surface area contributed by atoms with Gasteiger partial charge in [0.15, 0.2) is 0 Å². The zero-order valence-corrected chi connectivity index (χ0v) is 14.5. The van der Waals surface area contributed by atoms with E-state index in [2.05, 4.69) is 31.1 Å². The van der Waals surface area contributed by atoms with Crippen LogP contribution in [0.5, 0.6) is 0 Å². The highest BCUT2D eigenvalue weighted by Gasteiger charge is 2.10. The fraction of sp³-hybridized carbons (Fsp3) is 0.118. The summed E-state index contributed by atoms with van der Waals surface area (Å²) >= 11 is 7.43. The lowest BCUT2D eigenvalue weighted by Gasteiger charge is -2.03. The molecule has 0 radical (unpaired) electrons. The highest BCUT2D eigenvalue weighted by molar-refractivity contribution is 7.15. The average molecular weight is 356 g/mol. The SMILES string of the molecule is Cc1nc2ccccc2n1Cc1nnc(Nc2ccc(Cl)cc2)s1. The van der Waals surface area contributed by atoms with Gasteiger partial charge in [-0.15, -0.1) is 10.2 Å². The Labute approximate surface area is 147 Å². The van der Waals surface area contributed by atoms with E-state index in [1.54, 1.807) is 0 Å². The molecule has 0 saturated carbocycles. The van der Waals surface area contributed by atoms with Crippen LogP contribution in [0.25, 0.3) is 11.0 Å². The number of nitrogens with one attached hydrogen (secondary N) is 1. The average Bonchev–Trinajstić information content (AvgIpc) is 3.15. The van der Waals surface area contributed by atoms with Crippen molar-refractivity contribution in [2.75, 3.05) is 5.32 Å². The van der Waals surface area contributed by atoms with Crippen molar-refractivity contribution in [2.24, 2.45) is 0 Å². The van der Waals surface area contributed by atoms with Crippen molar-refractivity contribution in [3.8, 4) is 0 Å². The zero-order chi connectivity index (χ0) is 16.5. The molecule has 5 nitrogen and oxygen atoms in total. The molecule has 2 heterocycles. The molecule has 0 aliphatic heterocycles. The summed E-state index contributed by atoms with van der Waals surface area (Å²) in [6.07, 6.45) is 0. The molecule has 4 aromatic rings. The maximum atomic E-state index is 5.90. The van der Waals surface area contributed by atoms with E-state index in [9.17, 15) is 0 Å². The summed E-state index contributed by atoms with van der Waals surface area (Å²) in [6.45, 7) is 2.67. The van der Waals surface area contributed by atoms with Gasteiger partial charge >= 0.3 is 0 Å². The number of hydrogen-bond acceptors (Lipinski definition) is 5. The second kappa shape index (κ2) is 6.22. The van der Waals surface area contributed by atoms with Gasteiger partial charge in [0.05, 0.1) is 17.6 Å². The molecule has 0 fully saturated rings. The van der Waals surface area contributed by atoms with Crippen LogP contribution in [0.4, 0.5) is 10.8 Å². The Bertz CT molecular complexity index is 990. The number of rotatable bonds is 4. The van der Waals surface area contributed by atoms with Crippen LogP contribution in [0.3, 0.4) is 0 Å². The van der Waals surface area contributed by atoms with Gasteiger partial charge in [-0.1, -0.05) is 35.1 Å². The first-order chi connectivity index (χ1) is 11.7. The Kier molecular flexibility index (Phi) is 3.92.